The van der Waals surface area contributed by atoms with Gasteiger partial charge in [0.05, 0.1) is 18.4 Å². The Morgan fingerprint density at radius 3 is 2.89 bits per heavy atom. The van der Waals surface area contributed by atoms with Gasteiger partial charge in [0.25, 0.3) is 0 Å². The average Bonchev–Trinajstić information content (AvgIpc) is 3.16. The first-order chi connectivity index (χ1) is 13.3. The molecule has 0 bridgehead atoms. The number of aromatic nitrogens is 4. The smallest absolute Gasteiger partial charge is 0.214 e. The Kier molecular flexibility index (Phi) is 5.81. The van der Waals surface area contributed by atoms with Crippen molar-refractivity contribution >= 4 is 11.8 Å². The second-order valence-electron chi connectivity index (χ2n) is 6.74. The molecular formula is C20H23N5OS. The van der Waals surface area contributed by atoms with E-state index in [9.17, 15) is 0 Å². The Balaban J connectivity index is 1.36. The van der Waals surface area contributed by atoms with E-state index in [0.717, 1.165) is 42.8 Å². The van der Waals surface area contributed by atoms with Gasteiger partial charge in [-0.3, -0.25) is 4.90 Å². The van der Waals surface area contributed by atoms with Crippen molar-refractivity contribution in [3.8, 4) is 5.69 Å². The first-order valence-electron chi connectivity index (χ1n) is 9.14. The molecule has 27 heavy (non-hydrogen) atoms. The van der Waals surface area contributed by atoms with Gasteiger partial charge in [0, 0.05) is 25.4 Å². The minimum Gasteiger partial charge on any atom is -0.375 e. The molecule has 4 rings (SSSR count). The second kappa shape index (κ2) is 8.65. The Morgan fingerprint density at radius 1 is 1.15 bits per heavy atom. The molecule has 1 aromatic heterocycles. The number of hydrogen-bond donors (Lipinski definition) is 0. The van der Waals surface area contributed by atoms with Gasteiger partial charge >= 0.3 is 0 Å². The molecular weight excluding hydrogens is 358 g/mol. The zero-order valence-electron chi connectivity index (χ0n) is 15.4. The van der Waals surface area contributed by atoms with Crippen molar-refractivity contribution in [1.29, 1.82) is 0 Å². The van der Waals surface area contributed by atoms with Crippen LogP contribution >= 0.6 is 11.8 Å². The van der Waals surface area contributed by atoms with Crippen LogP contribution in [0.3, 0.4) is 0 Å². The predicted octanol–water partition coefficient (Wildman–Crippen LogP) is 2.96. The van der Waals surface area contributed by atoms with Gasteiger partial charge in [-0.05, 0) is 40.6 Å². The maximum Gasteiger partial charge on any atom is 0.214 e. The Labute approximate surface area is 163 Å². The van der Waals surface area contributed by atoms with E-state index in [1.807, 2.05) is 12.1 Å². The van der Waals surface area contributed by atoms with Crippen molar-refractivity contribution in [2.24, 2.45) is 0 Å². The molecule has 1 aliphatic rings. The predicted molar refractivity (Wildman–Crippen MR) is 106 cm³/mol. The van der Waals surface area contributed by atoms with Crippen molar-refractivity contribution in [2.45, 2.75) is 24.7 Å². The molecule has 1 saturated heterocycles. The lowest BCUT2D eigenvalue weighted by Gasteiger charge is -2.32. The molecule has 140 valence electrons. The lowest BCUT2D eigenvalue weighted by Crippen LogP contribution is -2.43. The zero-order chi connectivity index (χ0) is 18.5. The molecule has 0 unspecified atom stereocenters. The number of hydrogen-bond acceptors (Lipinski definition) is 6. The van der Waals surface area contributed by atoms with Crippen LogP contribution in [-0.2, 0) is 11.3 Å². The molecule has 0 spiro atoms. The second-order valence-corrected chi connectivity index (χ2v) is 7.72. The maximum atomic E-state index is 5.97. The molecule has 0 radical (unpaired) electrons. The van der Waals surface area contributed by atoms with Gasteiger partial charge in [-0.25, -0.2) is 0 Å². The first kappa shape index (κ1) is 18.2. The summed E-state index contributed by atoms with van der Waals surface area (Å²) in [4.78, 5) is 2.45. The summed E-state index contributed by atoms with van der Waals surface area (Å²) in [5.41, 5.74) is 3.51. The van der Waals surface area contributed by atoms with Crippen LogP contribution in [0.2, 0.25) is 0 Å². The number of ether oxygens (including phenoxy) is 1. The third-order valence-electron chi connectivity index (χ3n) is 4.56. The molecule has 6 nitrogen and oxygen atoms in total. The summed E-state index contributed by atoms with van der Waals surface area (Å²) in [6, 6.07) is 18.8. The minimum absolute atomic E-state index is 0.176. The van der Waals surface area contributed by atoms with Gasteiger partial charge < -0.3 is 4.74 Å². The highest BCUT2D eigenvalue weighted by atomic mass is 32.2. The van der Waals surface area contributed by atoms with Gasteiger partial charge in [0.1, 0.15) is 0 Å². The number of thioether (sulfide) groups is 1. The Morgan fingerprint density at radius 2 is 2.04 bits per heavy atom. The van der Waals surface area contributed by atoms with Crippen molar-refractivity contribution in [2.75, 3.05) is 25.4 Å². The molecule has 1 fully saturated rings. The Hall–Kier alpha value is -2.22. The van der Waals surface area contributed by atoms with E-state index in [1.54, 1.807) is 16.4 Å². The summed E-state index contributed by atoms with van der Waals surface area (Å²) in [7, 11) is 0. The zero-order valence-corrected chi connectivity index (χ0v) is 16.2. The summed E-state index contributed by atoms with van der Waals surface area (Å²) in [5, 5.41) is 13.0. The fraction of sp³-hybridized carbons (Fsp3) is 0.350. The van der Waals surface area contributed by atoms with E-state index in [4.69, 9.17) is 4.74 Å². The van der Waals surface area contributed by atoms with Gasteiger partial charge in [-0.2, -0.15) is 4.68 Å². The number of rotatable bonds is 6. The molecule has 7 heteroatoms. The van der Waals surface area contributed by atoms with E-state index in [0.29, 0.717) is 0 Å². The van der Waals surface area contributed by atoms with Crippen molar-refractivity contribution < 1.29 is 4.74 Å². The third kappa shape index (κ3) is 4.74. The van der Waals surface area contributed by atoms with Crippen LogP contribution in [0.1, 0.15) is 11.1 Å². The van der Waals surface area contributed by atoms with E-state index in [1.165, 1.54) is 11.1 Å². The van der Waals surface area contributed by atoms with Crippen LogP contribution in [0.15, 0.2) is 59.8 Å². The summed E-state index contributed by atoms with van der Waals surface area (Å²) < 4.78 is 7.76. The SMILES string of the molecule is Cc1cccc(-n2nnnc2SC[C@@H]2CN(Cc3ccccc3)CCO2)c1. The molecule has 0 saturated carbocycles. The van der Waals surface area contributed by atoms with Gasteiger partial charge in [-0.15, -0.1) is 5.10 Å². The van der Waals surface area contributed by atoms with Crippen LogP contribution in [-0.4, -0.2) is 56.7 Å². The topological polar surface area (TPSA) is 56.1 Å². The third-order valence-corrected chi connectivity index (χ3v) is 5.61. The van der Waals surface area contributed by atoms with E-state index < -0.39 is 0 Å². The summed E-state index contributed by atoms with van der Waals surface area (Å²) in [6.07, 6.45) is 0.176. The van der Waals surface area contributed by atoms with E-state index in [2.05, 4.69) is 69.8 Å². The fourth-order valence-corrected chi connectivity index (χ4v) is 4.12. The number of nitrogens with zero attached hydrogens (tertiary/aromatic N) is 5. The van der Waals surface area contributed by atoms with E-state index in [-0.39, 0.29) is 6.10 Å². The van der Waals surface area contributed by atoms with Crippen molar-refractivity contribution in [3.05, 3.63) is 65.7 Å². The largest absolute Gasteiger partial charge is 0.375 e. The normalized spacial score (nSPS) is 17.9. The van der Waals surface area contributed by atoms with Crippen molar-refractivity contribution in [1.82, 2.24) is 25.1 Å². The summed E-state index contributed by atoms with van der Waals surface area (Å²) >= 11 is 1.64. The van der Waals surface area contributed by atoms with Gasteiger partial charge in [0.15, 0.2) is 0 Å². The first-order valence-corrected chi connectivity index (χ1v) is 10.1. The fourth-order valence-electron chi connectivity index (χ4n) is 3.22. The highest BCUT2D eigenvalue weighted by Crippen LogP contribution is 2.22. The summed E-state index contributed by atoms with van der Waals surface area (Å²) in [5.74, 6) is 0.831. The highest BCUT2D eigenvalue weighted by Gasteiger charge is 2.22. The molecule has 1 aliphatic heterocycles. The molecule has 0 N–H and O–H groups in total. The van der Waals surface area contributed by atoms with Crippen LogP contribution in [0.5, 0.6) is 0 Å². The van der Waals surface area contributed by atoms with E-state index >= 15 is 0 Å². The monoisotopic (exact) mass is 381 g/mol. The van der Waals surface area contributed by atoms with Crippen LogP contribution in [0, 0.1) is 6.92 Å². The lowest BCUT2D eigenvalue weighted by molar-refractivity contribution is -0.0187. The minimum atomic E-state index is 0.176. The van der Waals surface area contributed by atoms with Crippen molar-refractivity contribution in [3.63, 3.8) is 0 Å². The number of tetrazole rings is 1. The van der Waals surface area contributed by atoms with Crippen LogP contribution in [0.4, 0.5) is 0 Å². The van der Waals surface area contributed by atoms with Crippen LogP contribution < -0.4 is 0 Å². The quantitative estimate of drug-likeness (QED) is 0.612. The molecule has 3 aromatic rings. The van der Waals surface area contributed by atoms with Crippen LogP contribution in [0.25, 0.3) is 5.69 Å². The molecule has 1 atom stereocenters. The molecule has 0 aliphatic carbocycles. The number of aryl methyl sites for hydroxylation is 1. The number of benzene rings is 2. The molecule has 0 amide bonds. The molecule has 2 heterocycles. The lowest BCUT2D eigenvalue weighted by atomic mass is 10.2. The Bertz CT molecular complexity index is 870. The summed E-state index contributed by atoms with van der Waals surface area (Å²) in [6.45, 7) is 5.69. The average molecular weight is 382 g/mol. The maximum absolute atomic E-state index is 5.97. The standard InChI is InChI=1S/C20H23N5OS/c1-16-6-5-9-18(12-16)25-20(21-22-23-25)27-15-19-14-24(10-11-26-19)13-17-7-3-2-4-8-17/h2-9,12,19H,10-11,13-15H2,1H3/t19-/m0/s1. The molecule has 2 aromatic carbocycles. The van der Waals surface area contributed by atoms with Gasteiger partial charge in [-0.1, -0.05) is 54.2 Å². The highest BCUT2D eigenvalue weighted by molar-refractivity contribution is 7.99. The number of morpholine rings is 1. The van der Waals surface area contributed by atoms with Gasteiger partial charge in [0.2, 0.25) is 5.16 Å².